The summed E-state index contributed by atoms with van der Waals surface area (Å²) in [6.07, 6.45) is -4.56. The number of nitrogens with one attached hydrogen (secondary N) is 1. The summed E-state index contributed by atoms with van der Waals surface area (Å²) in [5, 5.41) is 12.0. The molecule has 2 rings (SSSR count). The van der Waals surface area contributed by atoms with Gasteiger partial charge in [0, 0.05) is 10.7 Å². The standard InChI is InChI=1S/C15H12ClF3N2O2/c1-8-11(3-5-13(20-8)15(17,18)19)14(23)21-10-2-4-12(16)9(6-10)7-22/h2-6,22H,7H2,1H3,(H,21,23). The van der Waals surface area contributed by atoms with Gasteiger partial charge >= 0.3 is 6.18 Å². The second-order valence-electron chi connectivity index (χ2n) is 4.75. The van der Waals surface area contributed by atoms with Crippen LogP contribution in [0.2, 0.25) is 5.02 Å². The van der Waals surface area contributed by atoms with Gasteiger partial charge in [-0.3, -0.25) is 4.79 Å². The van der Waals surface area contributed by atoms with E-state index in [1.54, 1.807) is 0 Å². The molecular weight excluding hydrogens is 333 g/mol. The van der Waals surface area contributed by atoms with E-state index >= 15 is 0 Å². The zero-order chi connectivity index (χ0) is 17.2. The third-order valence-electron chi connectivity index (χ3n) is 3.09. The number of carbonyl (C=O) groups excluding carboxylic acids is 1. The average Bonchev–Trinajstić information content (AvgIpc) is 2.48. The number of benzene rings is 1. The van der Waals surface area contributed by atoms with Crippen molar-refractivity contribution in [3.05, 3.63) is 57.9 Å². The summed E-state index contributed by atoms with van der Waals surface area (Å²) in [6, 6.07) is 6.33. The molecule has 0 aliphatic heterocycles. The Morgan fingerprint density at radius 3 is 2.57 bits per heavy atom. The van der Waals surface area contributed by atoms with E-state index in [-0.39, 0.29) is 17.9 Å². The highest BCUT2D eigenvalue weighted by Crippen LogP contribution is 2.28. The van der Waals surface area contributed by atoms with Gasteiger partial charge in [0.25, 0.3) is 5.91 Å². The highest BCUT2D eigenvalue weighted by molar-refractivity contribution is 6.31. The number of aryl methyl sites for hydroxylation is 1. The van der Waals surface area contributed by atoms with E-state index in [1.807, 2.05) is 0 Å². The number of aromatic nitrogens is 1. The van der Waals surface area contributed by atoms with Crippen LogP contribution in [0.3, 0.4) is 0 Å². The predicted octanol–water partition coefficient (Wildman–Crippen LogP) is 3.81. The molecule has 122 valence electrons. The monoisotopic (exact) mass is 344 g/mol. The van der Waals surface area contributed by atoms with Crippen molar-refractivity contribution in [2.75, 3.05) is 5.32 Å². The third kappa shape index (κ3) is 4.00. The molecule has 0 saturated carbocycles. The van der Waals surface area contributed by atoms with Crippen molar-refractivity contribution in [3.8, 4) is 0 Å². The molecular formula is C15H12ClF3N2O2. The smallest absolute Gasteiger partial charge is 0.392 e. The summed E-state index contributed by atoms with van der Waals surface area (Å²) in [6.45, 7) is 1.02. The van der Waals surface area contributed by atoms with Crippen LogP contribution in [0, 0.1) is 6.92 Å². The summed E-state index contributed by atoms with van der Waals surface area (Å²) < 4.78 is 37.7. The van der Waals surface area contributed by atoms with Crippen LogP contribution in [0.25, 0.3) is 0 Å². The van der Waals surface area contributed by atoms with E-state index in [0.717, 1.165) is 12.1 Å². The van der Waals surface area contributed by atoms with Crippen molar-refractivity contribution in [1.29, 1.82) is 0 Å². The van der Waals surface area contributed by atoms with Crippen LogP contribution in [-0.4, -0.2) is 16.0 Å². The number of aliphatic hydroxyl groups excluding tert-OH is 1. The first kappa shape index (κ1) is 17.2. The maximum absolute atomic E-state index is 12.6. The van der Waals surface area contributed by atoms with E-state index in [1.165, 1.54) is 25.1 Å². The average molecular weight is 345 g/mol. The van der Waals surface area contributed by atoms with Crippen LogP contribution < -0.4 is 5.32 Å². The minimum Gasteiger partial charge on any atom is -0.392 e. The molecule has 1 aromatic carbocycles. The highest BCUT2D eigenvalue weighted by atomic mass is 35.5. The van der Waals surface area contributed by atoms with Gasteiger partial charge in [-0.05, 0) is 42.8 Å². The van der Waals surface area contributed by atoms with E-state index in [2.05, 4.69) is 10.3 Å². The summed E-state index contributed by atoms with van der Waals surface area (Å²) in [5.74, 6) is -0.602. The predicted molar refractivity (Wildman–Crippen MR) is 79.3 cm³/mol. The Kier molecular flexibility index (Phi) is 4.91. The van der Waals surface area contributed by atoms with E-state index in [0.29, 0.717) is 16.3 Å². The molecule has 1 aromatic heterocycles. The molecule has 8 heteroatoms. The fourth-order valence-electron chi connectivity index (χ4n) is 1.93. The van der Waals surface area contributed by atoms with Gasteiger partial charge in [0.15, 0.2) is 0 Å². The molecule has 0 atom stereocenters. The van der Waals surface area contributed by atoms with Crippen LogP contribution in [0.15, 0.2) is 30.3 Å². The Labute approximate surface area is 134 Å². The number of alkyl halides is 3. The van der Waals surface area contributed by atoms with Gasteiger partial charge in [-0.1, -0.05) is 11.6 Å². The van der Waals surface area contributed by atoms with E-state index in [4.69, 9.17) is 16.7 Å². The quantitative estimate of drug-likeness (QED) is 0.890. The lowest BCUT2D eigenvalue weighted by Crippen LogP contribution is -2.16. The number of hydrogen-bond donors (Lipinski definition) is 2. The molecule has 2 N–H and O–H groups in total. The number of aliphatic hydroxyl groups is 1. The van der Waals surface area contributed by atoms with Gasteiger partial charge in [-0.15, -0.1) is 0 Å². The fourth-order valence-corrected chi connectivity index (χ4v) is 2.11. The van der Waals surface area contributed by atoms with Crippen molar-refractivity contribution in [2.24, 2.45) is 0 Å². The Morgan fingerprint density at radius 1 is 1.30 bits per heavy atom. The first-order valence-electron chi connectivity index (χ1n) is 6.48. The van der Waals surface area contributed by atoms with Crippen molar-refractivity contribution in [1.82, 2.24) is 4.98 Å². The van der Waals surface area contributed by atoms with Gasteiger partial charge < -0.3 is 10.4 Å². The topological polar surface area (TPSA) is 62.2 Å². The van der Waals surface area contributed by atoms with Gasteiger partial charge in [0.1, 0.15) is 5.69 Å². The molecule has 1 heterocycles. The zero-order valence-electron chi connectivity index (χ0n) is 11.9. The normalized spacial score (nSPS) is 11.4. The van der Waals surface area contributed by atoms with Gasteiger partial charge in [-0.2, -0.15) is 13.2 Å². The maximum atomic E-state index is 12.6. The Morgan fingerprint density at radius 2 is 2.00 bits per heavy atom. The number of hydrogen-bond acceptors (Lipinski definition) is 3. The molecule has 0 fully saturated rings. The van der Waals surface area contributed by atoms with E-state index < -0.39 is 17.8 Å². The summed E-state index contributed by atoms with van der Waals surface area (Å²) in [4.78, 5) is 15.6. The molecule has 0 unspecified atom stereocenters. The third-order valence-corrected chi connectivity index (χ3v) is 3.46. The number of nitrogens with zero attached hydrogens (tertiary/aromatic N) is 1. The molecule has 0 spiro atoms. The first-order valence-corrected chi connectivity index (χ1v) is 6.85. The molecule has 0 radical (unpaired) electrons. The Bertz CT molecular complexity index is 748. The summed E-state index contributed by atoms with van der Waals surface area (Å²) in [5.41, 5.74) is -0.276. The van der Waals surface area contributed by atoms with Crippen LogP contribution in [0.1, 0.15) is 27.3 Å². The van der Waals surface area contributed by atoms with Gasteiger partial charge in [0.2, 0.25) is 0 Å². The number of anilines is 1. The number of rotatable bonds is 3. The van der Waals surface area contributed by atoms with Crippen LogP contribution in [-0.2, 0) is 12.8 Å². The van der Waals surface area contributed by atoms with Gasteiger partial charge in [-0.25, -0.2) is 4.98 Å². The molecule has 0 aliphatic carbocycles. The zero-order valence-corrected chi connectivity index (χ0v) is 12.7. The molecule has 23 heavy (non-hydrogen) atoms. The van der Waals surface area contributed by atoms with Crippen molar-refractivity contribution in [3.63, 3.8) is 0 Å². The molecule has 0 bridgehead atoms. The first-order chi connectivity index (χ1) is 10.7. The number of amides is 1. The second-order valence-corrected chi connectivity index (χ2v) is 5.15. The van der Waals surface area contributed by atoms with E-state index in [9.17, 15) is 18.0 Å². The van der Waals surface area contributed by atoms with Crippen LogP contribution in [0.5, 0.6) is 0 Å². The Hall–Kier alpha value is -2.12. The molecule has 0 aliphatic rings. The molecule has 2 aromatic rings. The van der Waals surface area contributed by atoms with Crippen LogP contribution in [0.4, 0.5) is 18.9 Å². The summed E-state index contributed by atoms with van der Waals surface area (Å²) in [7, 11) is 0. The Balaban J connectivity index is 2.24. The maximum Gasteiger partial charge on any atom is 0.433 e. The fraction of sp³-hybridized carbons (Fsp3) is 0.200. The second kappa shape index (κ2) is 6.55. The highest BCUT2D eigenvalue weighted by Gasteiger charge is 2.33. The van der Waals surface area contributed by atoms with Gasteiger partial charge in [0.05, 0.1) is 17.9 Å². The lowest BCUT2D eigenvalue weighted by atomic mass is 10.1. The van der Waals surface area contributed by atoms with Crippen molar-refractivity contribution in [2.45, 2.75) is 19.7 Å². The molecule has 4 nitrogen and oxygen atoms in total. The largest absolute Gasteiger partial charge is 0.433 e. The number of halogens is 4. The lowest BCUT2D eigenvalue weighted by Gasteiger charge is -2.11. The van der Waals surface area contributed by atoms with Crippen molar-refractivity contribution >= 4 is 23.2 Å². The molecule has 0 saturated heterocycles. The van der Waals surface area contributed by atoms with Crippen molar-refractivity contribution < 1.29 is 23.1 Å². The SMILES string of the molecule is Cc1nc(C(F)(F)F)ccc1C(=O)Nc1ccc(Cl)c(CO)c1. The minimum absolute atomic E-state index is 0.0264. The number of carbonyl (C=O) groups is 1. The lowest BCUT2D eigenvalue weighted by molar-refractivity contribution is -0.141. The minimum atomic E-state index is -4.56. The van der Waals surface area contributed by atoms with Crippen LogP contribution >= 0.6 is 11.6 Å². The number of pyridine rings is 1. The summed E-state index contributed by atoms with van der Waals surface area (Å²) >= 11 is 5.85. The molecule has 1 amide bonds.